The third-order valence-corrected chi connectivity index (χ3v) is 7.67. The molecule has 0 saturated heterocycles. The summed E-state index contributed by atoms with van der Waals surface area (Å²) in [5.41, 5.74) is 3.63. The number of hydrogen-bond acceptors (Lipinski definition) is 4. The first kappa shape index (κ1) is 23.3. The summed E-state index contributed by atoms with van der Waals surface area (Å²) in [7, 11) is -3.53. The molecule has 0 saturated carbocycles. The maximum atomic E-state index is 13.9. The highest BCUT2D eigenvalue weighted by molar-refractivity contribution is 7.90. The van der Waals surface area contributed by atoms with Gasteiger partial charge in [-0.05, 0) is 52.4 Å². The summed E-state index contributed by atoms with van der Waals surface area (Å²) in [5.74, 6) is -2.19. The number of benzene rings is 3. The molecule has 33 heavy (non-hydrogen) atoms. The van der Waals surface area contributed by atoms with Crippen molar-refractivity contribution in [1.29, 1.82) is 0 Å². The zero-order valence-electron chi connectivity index (χ0n) is 18.3. The Balaban J connectivity index is 1.40. The van der Waals surface area contributed by atoms with Gasteiger partial charge in [0.15, 0.2) is 9.84 Å². The normalized spacial score (nSPS) is 14.2. The van der Waals surface area contributed by atoms with Crippen LogP contribution in [0.2, 0.25) is 0 Å². The van der Waals surface area contributed by atoms with E-state index >= 15 is 0 Å². The fourth-order valence-electron chi connectivity index (χ4n) is 4.28. The quantitative estimate of drug-likeness (QED) is 0.513. The molecule has 1 unspecified atom stereocenters. The molecule has 0 radical (unpaired) electrons. The van der Waals surface area contributed by atoms with E-state index in [4.69, 9.17) is 0 Å². The van der Waals surface area contributed by atoms with Gasteiger partial charge >= 0.3 is 0 Å². The summed E-state index contributed by atoms with van der Waals surface area (Å²) in [6, 6.07) is 15.6. The third-order valence-electron chi connectivity index (χ3n) is 5.97. The lowest BCUT2D eigenvalue weighted by Crippen LogP contribution is -2.10. The molecule has 4 nitrogen and oxygen atoms in total. The van der Waals surface area contributed by atoms with Crippen molar-refractivity contribution in [3.8, 4) is 0 Å². The van der Waals surface area contributed by atoms with Gasteiger partial charge in [-0.15, -0.1) is 0 Å². The van der Waals surface area contributed by atoms with Crippen LogP contribution < -0.4 is 5.32 Å². The standard InChI is InChI=1S/C26H25F2NO3S/c1-17(26-24(27)3-2-4-25(26)28)11-22(30)13-18-6-9-23(10-7-18)33(31,32)16-19-5-8-20-14-29-15-21(20)12-19/h2-10,12,17,29H,11,13-16H2,1H3. The molecule has 7 heteroatoms. The largest absolute Gasteiger partial charge is 0.309 e. The van der Waals surface area contributed by atoms with Crippen LogP contribution in [0.1, 0.15) is 47.1 Å². The molecule has 1 heterocycles. The molecule has 1 aliphatic rings. The molecular formula is C26H25F2NO3S. The molecule has 0 amide bonds. The summed E-state index contributed by atoms with van der Waals surface area (Å²) in [6.45, 7) is 3.16. The van der Waals surface area contributed by atoms with Gasteiger partial charge in [0.25, 0.3) is 0 Å². The minimum atomic E-state index is -3.53. The van der Waals surface area contributed by atoms with Crippen LogP contribution >= 0.6 is 0 Å². The number of carbonyl (C=O) groups excluding carboxylic acids is 1. The van der Waals surface area contributed by atoms with Gasteiger partial charge in [0.2, 0.25) is 0 Å². The Morgan fingerprint density at radius 1 is 0.939 bits per heavy atom. The van der Waals surface area contributed by atoms with Crippen LogP contribution in [0.5, 0.6) is 0 Å². The van der Waals surface area contributed by atoms with E-state index in [1.807, 2.05) is 18.2 Å². The van der Waals surface area contributed by atoms with Crippen LogP contribution in [0.3, 0.4) is 0 Å². The summed E-state index contributed by atoms with van der Waals surface area (Å²) >= 11 is 0. The van der Waals surface area contributed by atoms with Crippen molar-refractivity contribution < 1.29 is 22.0 Å². The van der Waals surface area contributed by atoms with E-state index < -0.39 is 27.4 Å². The number of fused-ring (bicyclic) bond motifs is 1. The van der Waals surface area contributed by atoms with Crippen LogP contribution in [0.25, 0.3) is 0 Å². The number of nitrogens with one attached hydrogen (secondary N) is 1. The number of Topliss-reactive ketones (excluding diaryl/α,β-unsaturated/α-hetero) is 1. The van der Waals surface area contributed by atoms with Gasteiger partial charge in [-0.2, -0.15) is 0 Å². The Morgan fingerprint density at radius 3 is 2.27 bits per heavy atom. The summed E-state index contributed by atoms with van der Waals surface area (Å²) in [6.07, 6.45) is 0.0592. The second kappa shape index (κ2) is 9.53. The maximum Gasteiger partial charge on any atom is 0.182 e. The summed E-state index contributed by atoms with van der Waals surface area (Å²) in [5, 5.41) is 3.24. The molecule has 3 aromatic carbocycles. The van der Waals surface area contributed by atoms with Gasteiger partial charge < -0.3 is 5.32 Å². The zero-order valence-corrected chi connectivity index (χ0v) is 19.1. The van der Waals surface area contributed by atoms with Crippen molar-refractivity contribution in [3.05, 3.63) is 100 Å². The molecular weight excluding hydrogens is 444 g/mol. The van der Waals surface area contributed by atoms with Gasteiger partial charge in [-0.1, -0.05) is 43.3 Å². The zero-order chi connectivity index (χ0) is 23.6. The Kier molecular flexibility index (Phi) is 6.72. The number of carbonyl (C=O) groups is 1. The second-order valence-electron chi connectivity index (χ2n) is 8.57. The van der Waals surface area contributed by atoms with Crippen LogP contribution in [-0.4, -0.2) is 14.2 Å². The molecule has 0 aromatic heterocycles. The van der Waals surface area contributed by atoms with Crippen LogP contribution in [0.15, 0.2) is 65.6 Å². The number of halogens is 2. The Morgan fingerprint density at radius 2 is 1.58 bits per heavy atom. The summed E-state index contributed by atoms with van der Waals surface area (Å²) in [4.78, 5) is 12.7. The molecule has 172 valence electrons. The number of hydrogen-bond donors (Lipinski definition) is 1. The van der Waals surface area contributed by atoms with Gasteiger partial charge in [-0.3, -0.25) is 4.79 Å². The maximum absolute atomic E-state index is 13.9. The SMILES string of the molecule is CC(CC(=O)Cc1ccc(S(=O)(=O)Cc2ccc3c(c2)CNC3)cc1)c1c(F)cccc1F. The predicted octanol–water partition coefficient (Wildman–Crippen LogP) is 4.85. The molecule has 0 aliphatic carbocycles. The van der Waals surface area contributed by atoms with Crippen LogP contribution in [-0.2, 0) is 39.9 Å². The molecule has 1 atom stereocenters. The number of ketones is 1. The van der Waals surface area contributed by atoms with E-state index in [2.05, 4.69) is 5.32 Å². The molecule has 0 spiro atoms. The lowest BCUT2D eigenvalue weighted by atomic mass is 9.92. The summed E-state index contributed by atoms with van der Waals surface area (Å²) < 4.78 is 53.6. The number of rotatable bonds is 8. The second-order valence-corrected chi connectivity index (χ2v) is 10.6. The molecule has 3 aromatic rings. The lowest BCUT2D eigenvalue weighted by Gasteiger charge is -2.13. The van der Waals surface area contributed by atoms with Gasteiger partial charge in [0.1, 0.15) is 17.4 Å². The van der Waals surface area contributed by atoms with E-state index in [1.54, 1.807) is 19.1 Å². The molecule has 4 rings (SSSR count). The minimum Gasteiger partial charge on any atom is -0.309 e. The van der Waals surface area contributed by atoms with Crippen molar-refractivity contribution in [2.75, 3.05) is 0 Å². The Labute approximate surface area is 192 Å². The van der Waals surface area contributed by atoms with Gasteiger partial charge in [-0.25, -0.2) is 17.2 Å². The topological polar surface area (TPSA) is 63.2 Å². The number of sulfone groups is 1. The average Bonchev–Trinajstić information content (AvgIpc) is 3.21. The van der Waals surface area contributed by atoms with E-state index in [9.17, 15) is 22.0 Å². The van der Waals surface area contributed by atoms with Crippen molar-refractivity contribution in [3.63, 3.8) is 0 Å². The molecule has 1 aliphatic heterocycles. The first-order valence-corrected chi connectivity index (χ1v) is 12.5. The van der Waals surface area contributed by atoms with Gasteiger partial charge in [0, 0.05) is 31.5 Å². The first-order chi connectivity index (χ1) is 15.7. The van der Waals surface area contributed by atoms with Gasteiger partial charge in [0.05, 0.1) is 10.6 Å². The highest BCUT2D eigenvalue weighted by atomic mass is 32.2. The Bertz CT molecular complexity index is 1270. The minimum absolute atomic E-state index is 0.00884. The lowest BCUT2D eigenvalue weighted by molar-refractivity contribution is -0.118. The smallest absolute Gasteiger partial charge is 0.182 e. The van der Waals surface area contributed by atoms with E-state index in [0.717, 1.165) is 24.2 Å². The van der Waals surface area contributed by atoms with E-state index in [0.29, 0.717) is 5.56 Å². The van der Waals surface area contributed by atoms with Crippen LogP contribution in [0.4, 0.5) is 8.78 Å². The molecule has 0 bridgehead atoms. The Hall–Kier alpha value is -2.90. The average molecular weight is 470 g/mol. The predicted molar refractivity (Wildman–Crippen MR) is 122 cm³/mol. The first-order valence-electron chi connectivity index (χ1n) is 10.8. The van der Waals surface area contributed by atoms with Crippen molar-refractivity contribution in [1.82, 2.24) is 5.32 Å². The van der Waals surface area contributed by atoms with E-state index in [-0.39, 0.29) is 34.8 Å². The fourth-order valence-corrected chi connectivity index (χ4v) is 5.62. The van der Waals surface area contributed by atoms with Crippen molar-refractivity contribution >= 4 is 15.6 Å². The monoisotopic (exact) mass is 469 g/mol. The molecule has 1 N–H and O–H groups in total. The highest BCUT2D eigenvalue weighted by Crippen LogP contribution is 2.26. The third kappa shape index (κ3) is 5.37. The van der Waals surface area contributed by atoms with Crippen molar-refractivity contribution in [2.24, 2.45) is 0 Å². The highest BCUT2D eigenvalue weighted by Gasteiger charge is 2.20. The van der Waals surface area contributed by atoms with Crippen LogP contribution in [0, 0.1) is 11.6 Å². The molecule has 0 fully saturated rings. The van der Waals surface area contributed by atoms with E-state index in [1.165, 1.54) is 35.9 Å². The van der Waals surface area contributed by atoms with Crippen molar-refractivity contribution in [2.45, 2.75) is 49.4 Å². The fraction of sp³-hybridized carbons (Fsp3) is 0.269.